The fourth-order valence-corrected chi connectivity index (χ4v) is 9.47. The maximum absolute atomic E-state index is 5.01. The third-order valence-corrected chi connectivity index (χ3v) is 12.2. The Labute approximate surface area is 358 Å². The van der Waals surface area contributed by atoms with E-state index in [4.69, 9.17) is 19.9 Å². The van der Waals surface area contributed by atoms with Crippen molar-refractivity contribution in [3.63, 3.8) is 0 Å². The highest BCUT2D eigenvalue weighted by atomic mass is 15.0. The zero-order valence-electron chi connectivity index (χ0n) is 33.7. The Morgan fingerprint density at radius 3 is 1.66 bits per heavy atom. The minimum Gasteiger partial charge on any atom is -0.313 e. The third kappa shape index (κ3) is 5.95. The predicted octanol–water partition coefficient (Wildman–Crippen LogP) is 13.7. The van der Waals surface area contributed by atoms with Crippen molar-refractivity contribution in [1.82, 2.24) is 29.1 Å². The normalized spacial score (nSPS) is 13.9. The predicted molar refractivity (Wildman–Crippen MR) is 254 cm³/mol. The molecule has 0 aliphatic heterocycles. The van der Waals surface area contributed by atoms with Gasteiger partial charge in [-0.2, -0.15) is 0 Å². The molecule has 0 radical (unpaired) electrons. The molecule has 6 nitrogen and oxygen atoms in total. The van der Waals surface area contributed by atoms with E-state index in [1.165, 1.54) is 55.0 Å². The van der Waals surface area contributed by atoms with E-state index in [2.05, 4.69) is 149 Å². The first kappa shape index (κ1) is 35.7. The van der Waals surface area contributed by atoms with Crippen LogP contribution in [-0.2, 0) is 0 Å². The van der Waals surface area contributed by atoms with Crippen molar-refractivity contribution >= 4 is 49.3 Å². The molecule has 12 rings (SSSR count). The largest absolute Gasteiger partial charge is 0.313 e. The monoisotopic (exact) mass is 794 g/mol. The van der Waals surface area contributed by atoms with E-state index in [1.54, 1.807) is 0 Å². The summed E-state index contributed by atoms with van der Waals surface area (Å²) in [5.74, 6) is 2.00. The standard InChI is InChI=1S/C56H38N6/c1-4-17-37(18-5-1)54-58-55(38-19-6-2-7-20-38)60-56(59-54)41-33-40(35-57-36-41)45-28-16-32-51-53(45)47-26-11-13-30-49(47)62(51)43-24-14-21-39(34-43)44-27-15-31-50-52(44)46-25-10-12-29-48(46)61(50)42-22-8-3-9-23-42/h1-33,35-36,39H,34H2. The smallest absolute Gasteiger partial charge is 0.165 e. The highest BCUT2D eigenvalue weighted by molar-refractivity contribution is 6.16. The van der Waals surface area contributed by atoms with Gasteiger partial charge in [-0.3, -0.25) is 4.98 Å². The van der Waals surface area contributed by atoms with Crippen molar-refractivity contribution < 1.29 is 0 Å². The number of allylic oxidation sites excluding steroid dienone is 4. The van der Waals surface area contributed by atoms with Crippen LogP contribution in [0.4, 0.5) is 0 Å². The molecule has 0 spiro atoms. The lowest BCUT2D eigenvalue weighted by Crippen LogP contribution is -2.06. The zero-order valence-corrected chi connectivity index (χ0v) is 33.7. The number of hydrogen-bond donors (Lipinski definition) is 0. The summed E-state index contributed by atoms with van der Waals surface area (Å²) in [5.41, 5.74) is 13.3. The first-order valence-electron chi connectivity index (χ1n) is 21.1. The number of aromatic nitrogens is 6. The molecular formula is C56H38N6. The van der Waals surface area contributed by atoms with Crippen molar-refractivity contribution in [2.24, 2.45) is 0 Å². The van der Waals surface area contributed by atoms with Crippen LogP contribution in [0.25, 0.3) is 100 Å². The number of benzene rings is 7. The van der Waals surface area contributed by atoms with E-state index in [1.807, 2.05) is 73.1 Å². The van der Waals surface area contributed by atoms with Gasteiger partial charge in [-0.1, -0.05) is 152 Å². The Hall–Kier alpha value is -8.22. The van der Waals surface area contributed by atoms with Gasteiger partial charge in [0.25, 0.3) is 0 Å². The lowest BCUT2D eigenvalue weighted by atomic mass is 9.88. The Kier molecular flexibility index (Phi) is 8.52. The van der Waals surface area contributed by atoms with Gasteiger partial charge in [0, 0.05) is 73.5 Å². The van der Waals surface area contributed by atoms with Crippen molar-refractivity contribution in [3.8, 4) is 51.0 Å². The second kappa shape index (κ2) is 14.8. The van der Waals surface area contributed by atoms with Crippen LogP contribution >= 0.6 is 0 Å². The number of fused-ring (bicyclic) bond motifs is 6. The number of pyridine rings is 1. The highest BCUT2D eigenvalue weighted by Crippen LogP contribution is 2.44. The third-order valence-electron chi connectivity index (χ3n) is 12.2. The first-order valence-corrected chi connectivity index (χ1v) is 21.1. The highest BCUT2D eigenvalue weighted by Gasteiger charge is 2.24. The van der Waals surface area contributed by atoms with E-state index in [9.17, 15) is 0 Å². The maximum atomic E-state index is 5.01. The number of hydrogen-bond acceptors (Lipinski definition) is 4. The molecule has 62 heavy (non-hydrogen) atoms. The zero-order chi connectivity index (χ0) is 41.0. The lowest BCUT2D eigenvalue weighted by molar-refractivity contribution is 0.844. The van der Waals surface area contributed by atoms with Crippen LogP contribution in [0.2, 0.25) is 0 Å². The molecule has 292 valence electrons. The summed E-state index contributed by atoms with van der Waals surface area (Å²) in [6, 6.07) is 64.0. The van der Waals surface area contributed by atoms with Crippen LogP contribution < -0.4 is 0 Å². The second-order valence-electron chi connectivity index (χ2n) is 15.8. The molecule has 4 heterocycles. The molecule has 1 unspecified atom stereocenters. The minimum absolute atomic E-state index is 0.177. The molecule has 0 saturated carbocycles. The first-order chi connectivity index (χ1) is 30.8. The summed E-state index contributed by atoms with van der Waals surface area (Å²) in [6.45, 7) is 0. The molecule has 1 atom stereocenters. The van der Waals surface area contributed by atoms with Crippen LogP contribution in [0.5, 0.6) is 0 Å². The number of para-hydroxylation sites is 3. The van der Waals surface area contributed by atoms with Crippen LogP contribution in [0, 0.1) is 0 Å². The van der Waals surface area contributed by atoms with Gasteiger partial charge in [0.15, 0.2) is 17.5 Å². The molecule has 4 aromatic heterocycles. The summed E-state index contributed by atoms with van der Waals surface area (Å²) in [6.07, 6.45) is 11.6. The molecule has 0 saturated heterocycles. The van der Waals surface area contributed by atoms with Gasteiger partial charge in [0.05, 0.1) is 22.1 Å². The van der Waals surface area contributed by atoms with Crippen LogP contribution in [0.15, 0.2) is 213 Å². The van der Waals surface area contributed by atoms with E-state index in [0.29, 0.717) is 17.5 Å². The van der Waals surface area contributed by atoms with Gasteiger partial charge in [-0.15, -0.1) is 0 Å². The van der Waals surface area contributed by atoms with Crippen molar-refractivity contribution in [2.45, 2.75) is 12.3 Å². The second-order valence-corrected chi connectivity index (χ2v) is 15.8. The molecule has 1 aliphatic carbocycles. The number of nitrogens with zero attached hydrogens (tertiary/aromatic N) is 6. The van der Waals surface area contributed by atoms with Gasteiger partial charge in [-0.25, -0.2) is 15.0 Å². The summed E-state index contributed by atoms with van der Waals surface area (Å²) in [7, 11) is 0. The molecule has 0 amide bonds. The topological polar surface area (TPSA) is 61.4 Å². The van der Waals surface area contributed by atoms with E-state index in [0.717, 1.165) is 39.8 Å². The van der Waals surface area contributed by atoms with Crippen molar-refractivity contribution in [3.05, 3.63) is 218 Å². The average molecular weight is 795 g/mol. The SMILES string of the molecule is C1=CC(c2cccc3c2c2ccccc2n3-c2ccccc2)CC(n2c3ccccc3c3c(-c4cncc(-c5nc(-c6ccccc6)nc(-c6ccccc6)n5)c4)cccc32)=C1. The molecular weight excluding hydrogens is 757 g/mol. The molecule has 7 aromatic carbocycles. The van der Waals surface area contributed by atoms with E-state index < -0.39 is 0 Å². The van der Waals surface area contributed by atoms with E-state index >= 15 is 0 Å². The van der Waals surface area contributed by atoms with Gasteiger partial charge >= 0.3 is 0 Å². The Balaban J connectivity index is 0.969. The Morgan fingerprint density at radius 1 is 0.435 bits per heavy atom. The van der Waals surface area contributed by atoms with Gasteiger partial charge in [0.2, 0.25) is 0 Å². The van der Waals surface area contributed by atoms with Gasteiger partial charge < -0.3 is 9.13 Å². The average Bonchev–Trinajstić information content (AvgIpc) is 3.88. The molecule has 0 N–H and O–H groups in total. The maximum Gasteiger partial charge on any atom is 0.165 e. The summed E-state index contributed by atoms with van der Waals surface area (Å²) >= 11 is 0. The van der Waals surface area contributed by atoms with Crippen LogP contribution in [0.3, 0.4) is 0 Å². The fourth-order valence-electron chi connectivity index (χ4n) is 9.47. The quantitative estimate of drug-likeness (QED) is 0.161. The molecule has 11 aromatic rings. The summed E-state index contributed by atoms with van der Waals surface area (Å²) in [5, 5.41) is 4.97. The summed E-state index contributed by atoms with van der Waals surface area (Å²) in [4.78, 5) is 19.7. The van der Waals surface area contributed by atoms with Gasteiger partial charge in [-0.05, 0) is 66.1 Å². The molecule has 0 fully saturated rings. The molecule has 0 bridgehead atoms. The van der Waals surface area contributed by atoms with Gasteiger partial charge in [0.1, 0.15) is 0 Å². The Morgan fingerprint density at radius 2 is 0.968 bits per heavy atom. The van der Waals surface area contributed by atoms with Crippen LogP contribution in [-0.4, -0.2) is 29.1 Å². The fraction of sp³-hybridized carbons (Fsp3) is 0.0357. The Bertz CT molecular complexity index is 3490. The lowest BCUT2D eigenvalue weighted by Gasteiger charge is -2.22. The van der Waals surface area contributed by atoms with Crippen LogP contribution in [0.1, 0.15) is 17.9 Å². The van der Waals surface area contributed by atoms with Crippen molar-refractivity contribution in [1.29, 1.82) is 0 Å². The van der Waals surface area contributed by atoms with E-state index in [-0.39, 0.29) is 5.92 Å². The number of rotatable bonds is 7. The minimum atomic E-state index is 0.177. The molecule has 6 heteroatoms. The molecule has 1 aliphatic rings. The van der Waals surface area contributed by atoms with Crippen molar-refractivity contribution in [2.75, 3.05) is 0 Å². The summed E-state index contributed by atoms with van der Waals surface area (Å²) < 4.78 is 4.88.